The van der Waals surface area contributed by atoms with Crippen molar-refractivity contribution in [2.24, 2.45) is 5.73 Å². The summed E-state index contributed by atoms with van der Waals surface area (Å²) in [7, 11) is 0. The molecule has 1 aromatic heterocycles. The first-order valence-corrected chi connectivity index (χ1v) is 6.10. The van der Waals surface area contributed by atoms with Gasteiger partial charge < -0.3 is 10.8 Å². The van der Waals surface area contributed by atoms with E-state index in [1.54, 1.807) is 36.4 Å². The fraction of sp³-hybridized carbons (Fsp3) is 0.0769. The minimum Gasteiger partial charge on any atom is -0.506 e. The summed E-state index contributed by atoms with van der Waals surface area (Å²) in [5.74, 6) is 0.101. The van der Waals surface area contributed by atoms with Gasteiger partial charge in [-0.1, -0.05) is 17.7 Å². The molecule has 0 bridgehead atoms. The van der Waals surface area contributed by atoms with Crippen LogP contribution in [-0.4, -0.2) is 20.1 Å². The van der Waals surface area contributed by atoms with Gasteiger partial charge in [0.2, 0.25) is 0 Å². The second kappa shape index (κ2) is 4.53. The maximum Gasteiger partial charge on any atom is 0.143 e. The molecule has 0 amide bonds. The van der Waals surface area contributed by atoms with Gasteiger partial charge >= 0.3 is 0 Å². The van der Waals surface area contributed by atoms with Crippen molar-refractivity contribution < 1.29 is 5.11 Å². The molecular formula is C13H11ClN4O. The topological polar surface area (TPSA) is 77.0 Å². The molecule has 0 aliphatic heterocycles. The maximum atomic E-state index is 9.90. The second-order valence-electron chi connectivity index (χ2n) is 4.15. The molecule has 0 aliphatic rings. The monoisotopic (exact) mass is 274 g/mol. The Labute approximate surface area is 114 Å². The minimum absolute atomic E-state index is 0.101. The number of phenolic OH excluding ortho intramolecular Hbond substituents is 1. The molecule has 0 saturated heterocycles. The van der Waals surface area contributed by atoms with Gasteiger partial charge in [0.05, 0.1) is 0 Å². The number of phenols is 1. The van der Waals surface area contributed by atoms with Crippen LogP contribution in [0.25, 0.3) is 16.7 Å². The van der Waals surface area contributed by atoms with E-state index in [9.17, 15) is 5.11 Å². The van der Waals surface area contributed by atoms with Crippen LogP contribution in [0.1, 0.15) is 5.56 Å². The van der Waals surface area contributed by atoms with Crippen molar-refractivity contribution in [3.8, 4) is 11.4 Å². The van der Waals surface area contributed by atoms with E-state index in [2.05, 4.69) is 10.2 Å². The number of aromatic nitrogens is 3. The third kappa shape index (κ3) is 2.14. The van der Waals surface area contributed by atoms with Gasteiger partial charge in [-0.3, -0.25) is 0 Å². The molecule has 0 unspecified atom stereocenters. The van der Waals surface area contributed by atoms with E-state index in [1.807, 2.05) is 0 Å². The third-order valence-electron chi connectivity index (χ3n) is 2.83. The second-order valence-corrected chi connectivity index (χ2v) is 4.59. The minimum atomic E-state index is 0.101. The first kappa shape index (κ1) is 12.0. The fourth-order valence-electron chi connectivity index (χ4n) is 1.85. The van der Waals surface area contributed by atoms with Gasteiger partial charge in [0.1, 0.15) is 22.5 Å². The van der Waals surface area contributed by atoms with Crippen LogP contribution in [0.5, 0.6) is 5.75 Å². The van der Waals surface area contributed by atoms with Gasteiger partial charge in [-0.2, -0.15) is 0 Å². The molecule has 6 heteroatoms. The van der Waals surface area contributed by atoms with Gasteiger partial charge in [-0.15, -0.1) is 15.0 Å². The first-order chi connectivity index (χ1) is 9.17. The highest BCUT2D eigenvalue weighted by molar-refractivity contribution is 6.31. The van der Waals surface area contributed by atoms with Crippen LogP contribution >= 0.6 is 11.6 Å². The molecule has 3 rings (SSSR count). The Morgan fingerprint density at radius 2 is 1.89 bits per heavy atom. The number of hydrogen-bond acceptors (Lipinski definition) is 4. The fourth-order valence-corrected chi connectivity index (χ4v) is 2.02. The van der Waals surface area contributed by atoms with Crippen molar-refractivity contribution in [2.45, 2.75) is 6.54 Å². The van der Waals surface area contributed by atoms with E-state index >= 15 is 0 Å². The Morgan fingerprint density at radius 3 is 2.68 bits per heavy atom. The van der Waals surface area contributed by atoms with Crippen molar-refractivity contribution in [3.05, 3.63) is 47.0 Å². The Bertz CT molecular complexity index is 753. The smallest absolute Gasteiger partial charge is 0.143 e. The quantitative estimate of drug-likeness (QED) is 0.751. The first-order valence-electron chi connectivity index (χ1n) is 5.72. The van der Waals surface area contributed by atoms with Crippen LogP contribution in [0.15, 0.2) is 36.4 Å². The SMILES string of the molecule is NCc1ccc(O)c(-n2nc3ccc(Cl)cc3n2)c1. The van der Waals surface area contributed by atoms with Crippen molar-refractivity contribution in [1.82, 2.24) is 15.0 Å². The number of nitrogens with two attached hydrogens (primary N) is 1. The van der Waals surface area contributed by atoms with Crippen molar-refractivity contribution >= 4 is 22.6 Å². The molecule has 3 N–H and O–H groups in total. The van der Waals surface area contributed by atoms with E-state index in [-0.39, 0.29) is 5.75 Å². The van der Waals surface area contributed by atoms with Crippen LogP contribution in [0.2, 0.25) is 5.02 Å². The third-order valence-corrected chi connectivity index (χ3v) is 3.07. The highest BCUT2D eigenvalue weighted by atomic mass is 35.5. The summed E-state index contributed by atoms with van der Waals surface area (Å²) in [5, 5.41) is 19.1. The highest BCUT2D eigenvalue weighted by Crippen LogP contribution is 2.23. The Hall–Kier alpha value is -2.11. The van der Waals surface area contributed by atoms with Gasteiger partial charge in [0.25, 0.3) is 0 Å². The lowest BCUT2D eigenvalue weighted by Gasteiger charge is -2.04. The lowest BCUT2D eigenvalue weighted by atomic mass is 10.2. The van der Waals surface area contributed by atoms with Gasteiger partial charge in [0.15, 0.2) is 0 Å². The molecule has 1 heterocycles. The number of halogens is 1. The molecule has 0 fully saturated rings. The molecule has 0 spiro atoms. The van der Waals surface area contributed by atoms with E-state index in [0.29, 0.717) is 28.3 Å². The van der Waals surface area contributed by atoms with Crippen molar-refractivity contribution in [1.29, 1.82) is 0 Å². The molecule has 0 aliphatic carbocycles. The van der Waals surface area contributed by atoms with E-state index < -0.39 is 0 Å². The zero-order valence-corrected chi connectivity index (χ0v) is 10.7. The van der Waals surface area contributed by atoms with Crippen molar-refractivity contribution in [2.75, 3.05) is 0 Å². The van der Waals surface area contributed by atoms with Crippen LogP contribution in [0.4, 0.5) is 0 Å². The maximum absolute atomic E-state index is 9.90. The molecule has 3 aromatic rings. The summed E-state index contributed by atoms with van der Waals surface area (Å²) < 4.78 is 0. The summed E-state index contributed by atoms with van der Waals surface area (Å²) >= 11 is 5.91. The molecular weight excluding hydrogens is 264 g/mol. The number of aromatic hydroxyl groups is 1. The number of benzene rings is 2. The average molecular weight is 275 g/mol. The molecule has 0 radical (unpaired) electrons. The number of nitrogens with zero attached hydrogens (tertiary/aromatic N) is 3. The van der Waals surface area contributed by atoms with Crippen LogP contribution in [0.3, 0.4) is 0 Å². The number of rotatable bonds is 2. The Morgan fingerprint density at radius 1 is 1.11 bits per heavy atom. The standard InChI is InChI=1S/C13H11ClN4O/c14-9-2-3-10-11(6-9)17-18(16-10)12-5-8(7-15)1-4-13(12)19/h1-6,19H,7,15H2. The zero-order chi connectivity index (χ0) is 13.4. The lowest BCUT2D eigenvalue weighted by molar-refractivity contribution is 0.467. The Kier molecular flexibility index (Phi) is 2.85. The van der Waals surface area contributed by atoms with E-state index in [4.69, 9.17) is 17.3 Å². The zero-order valence-electron chi connectivity index (χ0n) is 9.92. The lowest BCUT2D eigenvalue weighted by Crippen LogP contribution is -2.02. The summed E-state index contributed by atoms with van der Waals surface area (Å²) in [6.07, 6.45) is 0. The van der Waals surface area contributed by atoms with Crippen LogP contribution in [-0.2, 0) is 6.54 Å². The van der Waals surface area contributed by atoms with Gasteiger partial charge in [-0.25, -0.2) is 0 Å². The molecule has 2 aromatic carbocycles. The summed E-state index contributed by atoms with van der Waals surface area (Å²) in [5.41, 5.74) is 8.37. The van der Waals surface area contributed by atoms with Crippen LogP contribution in [0, 0.1) is 0 Å². The van der Waals surface area contributed by atoms with Gasteiger partial charge in [0, 0.05) is 11.6 Å². The normalized spacial score (nSPS) is 11.1. The largest absolute Gasteiger partial charge is 0.506 e. The van der Waals surface area contributed by atoms with Gasteiger partial charge in [-0.05, 0) is 35.9 Å². The van der Waals surface area contributed by atoms with Crippen molar-refractivity contribution in [3.63, 3.8) is 0 Å². The molecule has 0 saturated carbocycles. The Balaban J connectivity index is 2.18. The number of fused-ring (bicyclic) bond motifs is 1. The summed E-state index contributed by atoms with van der Waals surface area (Å²) in [6, 6.07) is 10.4. The molecule has 96 valence electrons. The predicted molar refractivity (Wildman–Crippen MR) is 73.4 cm³/mol. The summed E-state index contributed by atoms with van der Waals surface area (Å²) in [4.78, 5) is 1.38. The number of hydrogen-bond donors (Lipinski definition) is 2. The average Bonchev–Trinajstić information content (AvgIpc) is 2.82. The van der Waals surface area contributed by atoms with E-state index in [1.165, 1.54) is 4.80 Å². The highest BCUT2D eigenvalue weighted by Gasteiger charge is 2.09. The molecule has 5 nitrogen and oxygen atoms in total. The predicted octanol–water partition coefficient (Wildman–Crippen LogP) is 2.24. The van der Waals surface area contributed by atoms with E-state index in [0.717, 1.165) is 5.56 Å². The van der Waals surface area contributed by atoms with Crippen LogP contribution < -0.4 is 5.73 Å². The molecule has 0 atom stereocenters. The molecule has 19 heavy (non-hydrogen) atoms. The summed E-state index contributed by atoms with van der Waals surface area (Å²) in [6.45, 7) is 0.389.